The molecular weight excluding hydrogens is 310 g/mol. The predicted octanol–water partition coefficient (Wildman–Crippen LogP) is 3.56. The molecule has 0 spiro atoms. The number of hydrogen-bond acceptors (Lipinski definition) is 1. The van der Waals surface area contributed by atoms with Gasteiger partial charge < -0.3 is 5.32 Å². The Kier molecular flexibility index (Phi) is 4.35. The van der Waals surface area contributed by atoms with E-state index in [0.717, 1.165) is 11.3 Å². The van der Waals surface area contributed by atoms with Gasteiger partial charge in [-0.2, -0.15) is 0 Å². The van der Waals surface area contributed by atoms with Crippen molar-refractivity contribution in [3.8, 4) is 0 Å². The summed E-state index contributed by atoms with van der Waals surface area (Å²) >= 11 is 6.19. The van der Waals surface area contributed by atoms with Crippen LogP contribution in [-0.2, 0) is 4.79 Å². The average molecular weight is 319 g/mol. The fourth-order valence-corrected chi connectivity index (χ4v) is 1.18. The van der Waals surface area contributed by atoms with Crippen LogP contribution in [0.3, 0.4) is 0 Å². The SMILES string of the molecule is Cc1ccc(NC(=O)/C(Br)=C/Br)cc1. The molecule has 1 N–H and O–H groups in total. The Morgan fingerprint density at radius 1 is 1.36 bits per heavy atom. The maximum Gasteiger partial charge on any atom is 0.263 e. The van der Waals surface area contributed by atoms with Crippen molar-refractivity contribution in [2.75, 3.05) is 5.32 Å². The van der Waals surface area contributed by atoms with E-state index in [-0.39, 0.29) is 5.91 Å². The summed E-state index contributed by atoms with van der Waals surface area (Å²) in [6.07, 6.45) is 0. The second-order valence-corrected chi connectivity index (χ2v) is 4.09. The fourth-order valence-electron chi connectivity index (χ4n) is 0.877. The minimum absolute atomic E-state index is 0.175. The molecule has 1 aromatic rings. The van der Waals surface area contributed by atoms with E-state index < -0.39 is 0 Å². The number of anilines is 1. The van der Waals surface area contributed by atoms with E-state index in [1.54, 1.807) is 0 Å². The smallest absolute Gasteiger partial charge is 0.263 e. The summed E-state index contributed by atoms with van der Waals surface area (Å²) in [5.41, 5.74) is 1.95. The molecule has 2 nitrogen and oxygen atoms in total. The second-order valence-electron chi connectivity index (χ2n) is 2.78. The molecule has 0 fully saturated rings. The van der Waals surface area contributed by atoms with Crippen LogP contribution in [-0.4, -0.2) is 5.91 Å². The van der Waals surface area contributed by atoms with Crippen LogP contribution in [0.4, 0.5) is 5.69 Å². The van der Waals surface area contributed by atoms with E-state index in [4.69, 9.17) is 0 Å². The summed E-state index contributed by atoms with van der Waals surface area (Å²) in [4.78, 5) is 12.9. The highest BCUT2D eigenvalue weighted by atomic mass is 79.9. The van der Waals surface area contributed by atoms with E-state index in [0.29, 0.717) is 4.48 Å². The Labute approximate surface area is 99.6 Å². The zero-order valence-corrected chi connectivity index (χ0v) is 10.7. The first-order valence-corrected chi connectivity index (χ1v) is 5.68. The van der Waals surface area contributed by atoms with Crippen LogP contribution in [0, 0.1) is 6.92 Å². The summed E-state index contributed by atoms with van der Waals surface area (Å²) in [7, 11) is 0. The highest BCUT2D eigenvalue weighted by molar-refractivity contribution is 9.14. The molecule has 0 saturated heterocycles. The summed E-state index contributed by atoms with van der Waals surface area (Å²) in [6.45, 7) is 2.00. The molecule has 0 heterocycles. The molecule has 1 aromatic carbocycles. The molecule has 74 valence electrons. The Hall–Kier alpha value is -0.610. The highest BCUT2D eigenvalue weighted by Crippen LogP contribution is 2.13. The number of hydrogen-bond donors (Lipinski definition) is 1. The Balaban J connectivity index is 2.70. The standard InChI is InChI=1S/C10H9Br2NO/c1-7-2-4-8(5-3-7)13-10(14)9(12)6-11/h2-6H,1H3,(H,13,14)/b9-6-. The van der Waals surface area contributed by atoms with Crippen LogP contribution >= 0.6 is 31.9 Å². The van der Waals surface area contributed by atoms with E-state index >= 15 is 0 Å². The van der Waals surface area contributed by atoms with Gasteiger partial charge in [-0.3, -0.25) is 4.79 Å². The van der Waals surface area contributed by atoms with Crippen molar-refractivity contribution in [3.05, 3.63) is 39.3 Å². The number of benzene rings is 1. The summed E-state index contributed by atoms with van der Waals surface area (Å²) in [5, 5.41) is 2.74. The van der Waals surface area contributed by atoms with Crippen LogP contribution in [0.2, 0.25) is 0 Å². The largest absolute Gasteiger partial charge is 0.322 e. The maximum atomic E-state index is 11.4. The van der Waals surface area contributed by atoms with Crippen LogP contribution in [0.5, 0.6) is 0 Å². The van der Waals surface area contributed by atoms with Crippen molar-refractivity contribution >= 4 is 43.5 Å². The lowest BCUT2D eigenvalue weighted by molar-refractivity contribution is -0.112. The zero-order valence-electron chi connectivity index (χ0n) is 7.55. The Bertz CT molecular complexity index is 357. The number of carbonyl (C=O) groups is 1. The van der Waals surface area contributed by atoms with Gasteiger partial charge in [0.2, 0.25) is 0 Å². The second kappa shape index (κ2) is 5.32. The van der Waals surface area contributed by atoms with Crippen molar-refractivity contribution < 1.29 is 4.79 Å². The van der Waals surface area contributed by atoms with Crippen molar-refractivity contribution in [3.63, 3.8) is 0 Å². The van der Waals surface area contributed by atoms with Crippen molar-refractivity contribution in [1.82, 2.24) is 0 Å². The number of amides is 1. The number of aryl methyl sites for hydroxylation is 1. The lowest BCUT2D eigenvalue weighted by Gasteiger charge is -2.03. The van der Waals surface area contributed by atoms with Gasteiger partial charge in [0.15, 0.2) is 0 Å². The Morgan fingerprint density at radius 3 is 2.43 bits per heavy atom. The van der Waals surface area contributed by atoms with E-state index in [9.17, 15) is 4.79 Å². The van der Waals surface area contributed by atoms with Gasteiger partial charge in [0.1, 0.15) is 0 Å². The molecule has 0 radical (unpaired) electrons. The van der Waals surface area contributed by atoms with Gasteiger partial charge in [-0.05, 0) is 35.0 Å². The van der Waals surface area contributed by atoms with Crippen LogP contribution < -0.4 is 5.32 Å². The van der Waals surface area contributed by atoms with Gasteiger partial charge >= 0.3 is 0 Å². The molecule has 0 atom stereocenters. The lowest BCUT2D eigenvalue weighted by Crippen LogP contribution is -2.10. The molecule has 1 rings (SSSR count). The third kappa shape index (κ3) is 3.27. The molecule has 0 unspecified atom stereocenters. The molecule has 0 saturated carbocycles. The molecule has 0 aromatic heterocycles. The van der Waals surface area contributed by atoms with Gasteiger partial charge in [-0.1, -0.05) is 33.6 Å². The number of rotatable bonds is 2. The maximum absolute atomic E-state index is 11.4. The van der Waals surface area contributed by atoms with Crippen molar-refractivity contribution in [1.29, 1.82) is 0 Å². The topological polar surface area (TPSA) is 29.1 Å². The monoisotopic (exact) mass is 317 g/mol. The minimum atomic E-state index is -0.175. The predicted molar refractivity (Wildman–Crippen MR) is 65.7 cm³/mol. The third-order valence-electron chi connectivity index (χ3n) is 1.62. The molecule has 14 heavy (non-hydrogen) atoms. The molecule has 1 amide bonds. The van der Waals surface area contributed by atoms with Crippen LogP contribution in [0.15, 0.2) is 33.7 Å². The molecule has 0 aliphatic rings. The van der Waals surface area contributed by atoms with E-state index in [2.05, 4.69) is 37.2 Å². The van der Waals surface area contributed by atoms with Gasteiger partial charge in [0, 0.05) is 10.7 Å². The van der Waals surface area contributed by atoms with Gasteiger partial charge in [0.05, 0.1) is 4.48 Å². The molecule has 0 bridgehead atoms. The molecule has 0 aliphatic carbocycles. The van der Waals surface area contributed by atoms with E-state index in [1.807, 2.05) is 31.2 Å². The van der Waals surface area contributed by atoms with Gasteiger partial charge in [-0.25, -0.2) is 0 Å². The Morgan fingerprint density at radius 2 is 1.93 bits per heavy atom. The lowest BCUT2D eigenvalue weighted by atomic mass is 10.2. The highest BCUT2D eigenvalue weighted by Gasteiger charge is 2.04. The number of carbonyl (C=O) groups excluding carboxylic acids is 1. The van der Waals surface area contributed by atoms with Crippen LogP contribution in [0.25, 0.3) is 0 Å². The quantitative estimate of drug-likeness (QED) is 0.830. The first kappa shape index (κ1) is 11.5. The summed E-state index contributed by atoms with van der Waals surface area (Å²) < 4.78 is 0.457. The normalized spacial score (nSPS) is 11.2. The van der Waals surface area contributed by atoms with Crippen molar-refractivity contribution in [2.45, 2.75) is 6.92 Å². The summed E-state index contributed by atoms with van der Waals surface area (Å²) in [6, 6.07) is 7.62. The van der Waals surface area contributed by atoms with Crippen LogP contribution in [0.1, 0.15) is 5.56 Å². The molecule has 0 aliphatic heterocycles. The van der Waals surface area contributed by atoms with E-state index in [1.165, 1.54) is 4.99 Å². The number of halogens is 2. The molecular formula is C10H9Br2NO. The first-order chi connectivity index (χ1) is 6.63. The molecule has 4 heteroatoms. The van der Waals surface area contributed by atoms with Crippen molar-refractivity contribution in [2.24, 2.45) is 0 Å². The zero-order chi connectivity index (χ0) is 10.6. The fraction of sp³-hybridized carbons (Fsp3) is 0.100. The van der Waals surface area contributed by atoms with Gasteiger partial charge in [0.25, 0.3) is 5.91 Å². The summed E-state index contributed by atoms with van der Waals surface area (Å²) in [5.74, 6) is -0.175. The third-order valence-corrected chi connectivity index (χ3v) is 3.28. The van der Waals surface area contributed by atoms with Gasteiger partial charge in [-0.15, -0.1) is 0 Å². The first-order valence-electron chi connectivity index (χ1n) is 3.97. The average Bonchev–Trinajstić information content (AvgIpc) is 2.20. The minimum Gasteiger partial charge on any atom is -0.322 e. The number of nitrogens with one attached hydrogen (secondary N) is 1.